The van der Waals surface area contributed by atoms with Gasteiger partial charge < -0.3 is 14.6 Å². The molecule has 0 radical (unpaired) electrons. The van der Waals surface area contributed by atoms with Crippen molar-refractivity contribution in [1.82, 2.24) is 14.9 Å². The average molecular weight is 454 g/mol. The number of rotatable bonds is 7. The summed E-state index contributed by atoms with van der Waals surface area (Å²) in [5, 5.41) is 3.24. The maximum Gasteiger partial charge on any atom is 0.251 e. The van der Waals surface area contributed by atoms with E-state index in [0.29, 0.717) is 23.8 Å². The maximum atomic E-state index is 12.9. The van der Waals surface area contributed by atoms with E-state index in [4.69, 9.17) is 4.74 Å². The molecule has 1 saturated carbocycles. The summed E-state index contributed by atoms with van der Waals surface area (Å²) in [6, 6.07) is 15.5. The van der Waals surface area contributed by atoms with Crippen LogP contribution >= 0.6 is 15.9 Å². The third-order valence-corrected chi connectivity index (χ3v) is 6.07. The first kappa shape index (κ1) is 19.7. The van der Waals surface area contributed by atoms with Gasteiger partial charge in [-0.3, -0.25) is 4.79 Å². The highest BCUT2D eigenvalue weighted by Crippen LogP contribution is 2.38. The minimum absolute atomic E-state index is 0.0451. The van der Waals surface area contributed by atoms with E-state index in [-0.39, 0.29) is 11.9 Å². The predicted molar refractivity (Wildman–Crippen MR) is 116 cm³/mol. The Labute approximate surface area is 179 Å². The lowest BCUT2D eigenvalue weighted by Crippen LogP contribution is -2.36. The van der Waals surface area contributed by atoms with Crippen LogP contribution < -0.4 is 10.1 Å². The SMILES string of the molecule is Cn1ccnc1COc1ccc(C(=O)NC(c2ccc(Br)cc2)C2CCC2)cc1. The lowest BCUT2D eigenvalue weighted by atomic mass is 9.77. The Kier molecular flexibility index (Phi) is 6.00. The molecule has 3 aromatic rings. The van der Waals surface area contributed by atoms with Crippen molar-refractivity contribution in [3.63, 3.8) is 0 Å². The largest absolute Gasteiger partial charge is 0.486 e. The standard InChI is InChI=1S/C23H24BrN3O2/c1-27-14-13-25-21(27)15-29-20-11-7-18(8-12-20)23(28)26-22(16-3-2-4-16)17-5-9-19(24)10-6-17/h5-14,16,22H,2-4,15H2,1H3,(H,26,28). The Balaban J connectivity index is 1.41. The zero-order chi connectivity index (χ0) is 20.2. The van der Waals surface area contributed by atoms with E-state index in [9.17, 15) is 4.79 Å². The monoisotopic (exact) mass is 453 g/mol. The van der Waals surface area contributed by atoms with Crippen molar-refractivity contribution >= 4 is 21.8 Å². The number of imidazole rings is 1. The van der Waals surface area contributed by atoms with Gasteiger partial charge in [-0.2, -0.15) is 0 Å². The normalized spacial score (nSPS) is 14.8. The van der Waals surface area contributed by atoms with Gasteiger partial charge in [0.1, 0.15) is 18.2 Å². The molecule has 5 nitrogen and oxygen atoms in total. The lowest BCUT2D eigenvalue weighted by molar-refractivity contribution is 0.0900. The van der Waals surface area contributed by atoms with Crippen LogP contribution in [0.15, 0.2) is 65.4 Å². The van der Waals surface area contributed by atoms with Gasteiger partial charge in [-0.15, -0.1) is 0 Å². The minimum atomic E-state index is -0.0551. The van der Waals surface area contributed by atoms with Crippen LogP contribution in [0.1, 0.15) is 47.1 Å². The molecule has 1 aromatic heterocycles. The second-order valence-electron chi connectivity index (χ2n) is 7.46. The Hall–Kier alpha value is -2.60. The number of amides is 1. The van der Waals surface area contributed by atoms with Crippen LogP contribution in [-0.4, -0.2) is 15.5 Å². The van der Waals surface area contributed by atoms with Gasteiger partial charge in [-0.25, -0.2) is 4.98 Å². The molecule has 1 amide bonds. The Bertz CT molecular complexity index is 963. The quantitative estimate of drug-likeness (QED) is 0.545. The summed E-state index contributed by atoms with van der Waals surface area (Å²) < 4.78 is 8.74. The molecule has 0 spiro atoms. The minimum Gasteiger partial charge on any atom is -0.486 e. The fourth-order valence-corrected chi connectivity index (χ4v) is 3.79. The molecule has 1 aliphatic rings. The number of aryl methyl sites for hydroxylation is 1. The molecule has 6 heteroatoms. The van der Waals surface area contributed by atoms with Crippen molar-refractivity contribution in [3.8, 4) is 5.75 Å². The van der Waals surface area contributed by atoms with Gasteiger partial charge in [0.15, 0.2) is 0 Å². The summed E-state index contributed by atoms with van der Waals surface area (Å²) >= 11 is 3.48. The van der Waals surface area contributed by atoms with Gasteiger partial charge in [0, 0.05) is 29.5 Å². The van der Waals surface area contributed by atoms with E-state index in [1.54, 1.807) is 6.20 Å². The molecule has 1 aliphatic carbocycles. The summed E-state index contributed by atoms with van der Waals surface area (Å²) in [7, 11) is 1.93. The van der Waals surface area contributed by atoms with Crippen LogP contribution in [0, 0.1) is 5.92 Å². The molecular formula is C23H24BrN3O2. The van der Waals surface area contributed by atoms with Crippen LogP contribution in [0.2, 0.25) is 0 Å². The van der Waals surface area contributed by atoms with Crippen LogP contribution in [0.3, 0.4) is 0 Å². The van der Waals surface area contributed by atoms with E-state index in [1.807, 2.05) is 54.2 Å². The van der Waals surface area contributed by atoms with Gasteiger partial charge >= 0.3 is 0 Å². The smallest absolute Gasteiger partial charge is 0.251 e. The maximum absolute atomic E-state index is 12.9. The fourth-order valence-electron chi connectivity index (χ4n) is 3.53. The molecule has 1 atom stereocenters. The summed E-state index contributed by atoms with van der Waals surface area (Å²) in [4.78, 5) is 17.1. The molecule has 0 aliphatic heterocycles. The van der Waals surface area contributed by atoms with Crippen molar-refractivity contribution < 1.29 is 9.53 Å². The highest BCUT2D eigenvalue weighted by atomic mass is 79.9. The molecule has 2 aromatic carbocycles. The highest BCUT2D eigenvalue weighted by molar-refractivity contribution is 9.10. The lowest BCUT2D eigenvalue weighted by Gasteiger charge is -2.34. The number of aromatic nitrogens is 2. The molecule has 1 N–H and O–H groups in total. The van der Waals surface area contributed by atoms with E-state index in [2.05, 4.69) is 38.4 Å². The van der Waals surface area contributed by atoms with Gasteiger partial charge in [0.2, 0.25) is 0 Å². The van der Waals surface area contributed by atoms with Gasteiger partial charge in [-0.05, 0) is 60.7 Å². The molecule has 0 bridgehead atoms. The highest BCUT2D eigenvalue weighted by Gasteiger charge is 2.30. The third-order valence-electron chi connectivity index (χ3n) is 5.54. The molecule has 1 fully saturated rings. The summed E-state index contributed by atoms with van der Waals surface area (Å²) in [6.07, 6.45) is 7.17. The van der Waals surface area contributed by atoms with Crippen molar-refractivity contribution in [2.75, 3.05) is 0 Å². The Morgan fingerprint density at radius 1 is 1.21 bits per heavy atom. The molecule has 4 rings (SSSR count). The second-order valence-corrected chi connectivity index (χ2v) is 8.38. The van der Waals surface area contributed by atoms with Crippen LogP contribution in [0.25, 0.3) is 0 Å². The fraction of sp³-hybridized carbons (Fsp3) is 0.304. The predicted octanol–water partition coefficient (Wildman–Crippen LogP) is 5.03. The number of hydrogen-bond donors (Lipinski definition) is 1. The first-order valence-corrected chi connectivity index (χ1v) is 10.6. The second kappa shape index (κ2) is 8.82. The van der Waals surface area contributed by atoms with Crippen molar-refractivity contribution in [3.05, 3.63) is 82.3 Å². The molecule has 0 saturated heterocycles. The van der Waals surface area contributed by atoms with E-state index < -0.39 is 0 Å². The van der Waals surface area contributed by atoms with Crippen molar-refractivity contribution in [2.45, 2.75) is 31.9 Å². The number of nitrogens with zero attached hydrogens (tertiary/aromatic N) is 2. The molecule has 29 heavy (non-hydrogen) atoms. The van der Waals surface area contributed by atoms with Crippen molar-refractivity contribution in [2.24, 2.45) is 13.0 Å². The van der Waals surface area contributed by atoms with Crippen molar-refractivity contribution in [1.29, 1.82) is 0 Å². The van der Waals surface area contributed by atoms with Crippen LogP contribution in [0.4, 0.5) is 0 Å². The average Bonchev–Trinajstić information content (AvgIpc) is 3.10. The summed E-state index contributed by atoms with van der Waals surface area (Å²) in [5.74, 6) is 2.01. The number of hydrogen-bond acceptors (Lipinski definition) is 3. The van der Waals surface area contributed by atoms with E-state index >= 15 is 0 Å². The van der Waals surface area contributed by atoms with Gasteiger partial charge in [0.05, 0.1) is 6.04 Å². The summed E-state index contributed by atoms with van der Waals surface area (Å²) in [5.41, 5.74) is 1.79. The molecule has 150 valence electrons. The number of benzene rings is 2. The number of nitrogens with one attached hydrogen (secondary N) is 1. The van der Waals surface area contributed by atoms with Gasteiger partial charge in [-0.1, -0.05) is 34.5 Å². The van der Waals surface area contributed by atoms with E-state index in [0.717, 1.165) is 28.7 Å². The summed E-state index contributed by atoms with van der Waals surface area (Å²) in [6.45, 7) is 0.391. The molecule has 1 unspecified atom stereocenters. The zero-order valence-corrected chi connectivity index (χ0v) is 17.9. The molecular weight excluding hydrogens is 430 g/mol. The van der Waals surface area contributed by atoms with E-state index in [1.165, 1.54) is 6.42 Å². The molecule has 1 heterocycles. The Morgan fingerprint density at radius 3 is 2.52 bits per heavy atom. The first-order valence-electron chi connectivity index (χ1n) is 9.85. The number of ether oxygens (including phenoxy) is 1. The number of halogens is 1. The van der Waals surface area contributed by atoms with Crippen LogP contribution in [0.5, 0.6) is 5.75 Å². The topological polar surface area (TPSA) is 56.2 Å². The first-order chi connectivity index (χ1) is 14.1. The zero-order valence-electron chi connectivity index (χ0n) is 16.3. The third kappa shape index (κ3) is 4.70. The van der Waals surface area contributed by atoms with Gasteiger partial charge in [0.25, 0.3) is 5.91 Å². The number of carbonyl (C=O) groups excluding carboxylic acids is 1. The Morgan fingerprint density at radius 2 is 1.93 bits per heavy atom. The number of carbonyl (C=O) groups is 1. The van der Waals surface area contributed by atoms with Crippen LogP contribution in [-0.2, 0) is 13.7 Å².